The van der Waals surface area contributed by atoms with E-state index in [0.717, 1.165) is 5.56 Å². The molecule has 0 spiro atoms. The lowest BCUT2D eigenvalue weighted by Gasteiger charge is -2.04. The van der Waals surface area contributed by atoms with E-state index in [1.165, 1.54) is 0 Å². The monoisotopic (exact) mass is 425 g/mol. The van der Waals surface area contributed by atoms with Crippen LogP contribution in [0, 0.1) is 0 Å². The number of ether oxygens (including phenoxy) is 1. The fourth-order valence-corrected chi connectivity index (χ4v) is 3.15. The maximum atomic E-state index is 12.6. The second kappa shape index (κ2) is 8.20. The Balaban J connectivity index is 1.72. The van der Waals surface area contributed by atoms with E-state index < -0.39 is 5.97 Å². The third-order valence-electron chi connectivity index (χ3n) is 4.59. The number of aromatic nitrogens is 2. The van der Waals surface area contributed by atoms with Crippen LogP contribution in [0.2, 0.25) is 5.02 Å². The van der Waals surface area contributed by atoms with Crippen LogP contribution in [0.1, 0.15) is 42.6 Å². The number of oxazole rings is 1. The Morgan fingerprint density at radius 3 is 2.67 bits per heavy atom. The van der Waals surface area contributed by atoms with Crippen LogP contribution < -0.4 is 5.32 Å². The van der Waals surface area contributed by atoms with Gasteiger partial charge in [0.25, 0.3) is 0 Å². The minimum atomic E-state index is -0.565. The van der Waals surface area contributed by atoms with E-state index in [2.05, 4.69) is 29.3 Å². The highest BCUT2D eigenvalue weighted by molar-refractivity contribution is 6.30. The Labute approximate surface area is 178 Å². The molecule has 0 atom stereocenters. The molecule has 2 heterocycles. The third-order valence-corrected chi connectivity index (χ3v) is 4.84. The number of esters is 1. The van der Waals surface area contributed by atoms with Crippen molar-refractivity contribution < 1.29 is 18.5 Å². The first-order valence-corrected chi connectivity index (χ1v) is 9.94. The van der Waals surface area contributed by atoms with E-state index in [1.54, 1.807) is 31.2 Å². The molecule has 30 heavy (non-hydrogen) atoms. The van der Waals surface area contributed by atoms with Crippen LogP contribution >= 0.6 is 11.6 Å². The molecule has 0 saturated carbocycles. The maximum Gasteiger partial charge on any atom is 0.346 e. The minimum absolute atomic E-state index is 0.0917. The fraction of sp³-hybridized carbons (Fsp3) is 0.227. The Hall–Kier alpha value is -3.32. The van der Waals surface area contributed by atoms with Crippen LogP contribution in [0.25, 0.3) is 22.4 Å². The normalized spacial score (nSPS) is 11.2. The highest BCUT2D eigenvalue weighted by atomic mass is 35.5. The quantitative estimate of drug-likeness (QED) is 0.369. The number of carbonyl (C=O) groups is 1. The second-order valence-corrected chi connectivity index (χ2v) is 7.42. The molecule has 154 valence electrons. The van der Waals surface area contributed by atoms with Crippen molar-refractivity contribution in [3.05, 3.63) is 58.6 Å². The standard InChI is InChI=1S/C22H20ClN3O4/c1-4-28-21(27)18-19(13-5-8-15(23)9-6-13)26-30-20(18)25-22-24-16-11-14(12(2)3)7-10-17(16)29-22/h5-12H,4H2,1-3H3,(H,24,25). The summed E-state index contributed by atoms with van der Waals surface area (Å²) in [6.45, 7) is 6.16. The van der Waals surface area contributed by atoms with Gasteiger partial charge in [-0.15, -0.1) is 0 Å². The van der Waals surface area contributed by atoms with Crippen LogP contribution in [-0.2, 0) is 4.74 Å². The first-order chi connectivity index (χ1) is 14.5. The molecule has 1 N–H and O–H groups in total. The topological polar surface area (TPSA) is 90.4 Å². The predicted molar refractivity (Wildman–Crippen MR) is 114 cm³/mol. The molecule has 4 aromatic rings. The molecule has 0 aliphatic heterocycles. The lowest BCUT2D eigenvalue weighted by molar-refractivity contribution is 0.0528. The molecule has 0 radical (unpaired) electrons. The van der Waals surface area contributed by atoms with Gasteiger partial charge in [0.1, 0.15) is 11.2 Å². The Bertz CT molecular complexity index is 1200. The number of nitrogens with one attached hydrogen (secondary N) is 1. The van der Waals surface area contributed by atoms with E-state index in [9.17, 15) is 4.79 Å². The first-order valence-electron chi connectivity index (χ1n) is 9.56. The van der Waals surface area contributed by atoms with Gasteiger partial charge >= 0.3 is 12.0 Å². The van der Waals surface area contributed by atoms with E-state index in [-0.39, 0.29) is 24.1 Å². The summed E-state index contributed by atoms with van der Waals surface area (Å²) in [7, 11) is 0. The van der Waals surface area contributed by atoms with Gasteiger partial charge in [-0.3, -0.25) is 5.32 Å². The molecular weight excluding hydrogens is 406 g/mol. The lowest BCUT2D eigenvalue weighted by atomic mass is 10.0. The van der Waals surface area contributed by atoms with Crippen molar-refractivity contribution in [3.8, 4) is 11.3 Å². The molecule has 2 aromatic heterocycles. The predicted octanol–water partition coefficient (Wildman–Crippen LogP) is 6.18. The first kappa shape index (κ1) is 20.0. The molecule has 0 bridgehead atoms. The summed E-state index contributed by atoms with van der Waals surface area (Å²) >= 11 is 5.96. The van der Waals surface area contributed by atoms with Crippen molar-refractivity contribution in [1.29, 1.82) is 0 Å². The lowest BCUT2D eigenvalue weighted by Crippen LogP contribution is -2.07. The number of hydrogen-bond acceptors (Lipinski definition) is 7. The summed E-state index contributed by atoms with van der Waals surface area (Å²) in [5, 5.41) is 7.55. The molecule has 0 amide bonds. The Morgan fingerprint density at radius 1 is 1.20 bits per heavy atom. The van der Waals surface area contributed by atoms with Gasteiger partial charge < -0.3 is 13.7 Å². The molecule has 0 saturated heterocycles. The third kappa shape index (κ3) is 3.89. The van der Waals surface area contributed by atoms with Gasteiger partial charge in [0.2, 0.25) is 5.88 Å². The number of rotatable bonds is 6. The van der Waals surface area contributed by atoms with Crippen LogP contribution in [0.4, 0.5) is 11.9 Å². The number of carbonyl (C=O) groups excluding carboxylic acids is 1. The molecular formula is C22H20ClN3O4. The smallest absolute Gasteiger partial charge is 0.346 e. The van der Waals surface area contributed by atoms with Crippen molar-refractivity contribution in [3.63, 3.8) is 0 Å². The van der Waals surface area contributed by atoms with E-state index in [1.807, 2.05) is 18.2 Å². The zero-order chi connectivity index (χ0) is 21.3. The number of halogens is 1. The number of fused-ring (bicyclic) bond motifs is 1. The van der Waals surface area contributed by atoms with Crippen molar-refractivity contribution in [2.24, 2.45) is 0 Å². The second-order valence-electron chi connectivity index (χ2n) is 6.99. The summed E-state index contributed by atoms with van der Waals surface area (Å²) in [4.78, 5) is 17.1. The SMILES string of the molecule is CCOC(=O)c1c(-c2ccc(Cl)cc2)noc1Nc1nc2cc(C(C)C)ccc2o1. The minimum Gasteiger partial charge on any atom is -0.462 e. The zero-order valence-corrected chi connectivity index (χ0v) is 17.5. The van der Waals surface area contributed by atoms with Crippen molar-refractivity contribution in [2.45, 2.75) is 26.7 Å². The molecule has 8 heteroatoms. The average Bonchev–Trinajstić information content (AvgIpc) is 3.32. The number of nitrogens with zero attached hydrogens (tertiary/aromatic N) is 2. The van der Waals surface area contributed by atoms with Gasteiger partial charge in [-0.05, 0) is 42.7 Å². The Morgan fingerprint density at radius 2 is 1.97 bits per heavy atom. The van der Waals surface area contributed by atoms with Gasteiger partial charge in [-0.1, -0.05) is 48.8 Å². The summed E-state index contributed by atoms with van der Waals surface area (Å²) in [6, 6.07) is 12.9. The Kier molecular flexibility index (Phi) is 5.46. The molecule has 0 aliphatic rings. The van der Waals surface area contributed by atoms with Gasteiger partial charge in [-0.2, -0.15) is 4.98 Å². The van der Waals surface area contributed by atoms with E-state index in [4.69, 9.17) is 25.3 Å². The van der Waals surface area contributed by atoms with Crippen molar-refractivity contribution in [1.82, 2.24) is 10.1 Å². The van der Waals surface area contributed by atoms with E-state index in [0.29, 0.717) is 33.3 Å². The highest BCUT2D eigenvalue weighted by Crippen LogP contribution is 2.33. The van der Waals surface area contributed by atoms with Gasteiger partial charge in [0, 0.05) is 10.6 Å². The van der Waals surface area contributed by atoms with Gasteiger partial charge in [0.05, 0.1) is 6.61 Å². The summed E-state index contributed by atoms with van der Waals surface area (Å²) < 4.78 is 16.4. The summed E-state index contributed by atoms with van der Waals surface area (Å²) in [5.41, 5.74) is 3.64. The van der Waals surface area contributed by atoms with E-state index >= 15 is 0 Å². The molecule has 4 rings (SSSR count). The molecule has 7 nitrogen and oxygen atoms in total. The van der Waals surface area contributed by atoms with Crippen LogP contribution in [-0.4, -0.2) is 22.7 Å². The molecule has 0 aliphatic carbocycles. The summed E-state index contributed by atoms with van der Waals surface area (Å²) in [5.74, 6) is -0.104. The van der Waals surface area contributed by atoms with Crippen LogP contribution in [0.3, 0.4) is 0 Å². The largest absolute Gasteiger partial charge is 0.462 e. The van der Waals surface area contributed by atoms with Crippen molar-refractivity contribution >= 4 is 40.6 Å². The average molecular weight is 426 g/mol. The van der Waals surface area contributed by atoms with Crippen LogP contribution in [0.15, 0.2) is 51.4 Å². The zero-order valence-electron chi connectivity index (χ0n) is 16.7. The van der Waals surface area contributed by atoms with Gasteiger partial charge in [-0.25, -0.2) is 4.79 Å². The van der Waals surface area contributed by atoms with Gasteiger partial charge in [0.15, 0.2) is 11.1 Å². The molecule has 0 fully saturated rings. The molecule has 2 aromatic carbocycles. The number of anilines is 2. The fourth-order valence-electron chi connectivity index (χ4n) is 3.03. The van der Waals surface area contributed by atoms with Crippen molar-refractivity contribution in [2.75, 3.05) is 11.9 Å². The van der Waals surface area contributed by atoms with Crippen LogP contribution in [0.5, 0.6) is 0 Å². The molecule has 0 unspecified atom stereocenters. The maximum absolute atomic E-state index is 12.6. The summed E-state index contributed by atoms with van der Waals surface area (Å²) in [6.07, 6.45) is 0. The highest BCUT2D eigenvalue weighted by Gasteiger charge is 2.26. The number of hydrogen-bond donors (Lipinski definition) is 1. The number of benzene rings is 2.